The van der Waals surface area contributed by atoms with Crippen molar-refractivity contribution in [2.24, 2.45) is 0 Å². The van der Waals surface area contributed by atoms with E-state index in [-0.39, 0.29) is 5.82 Å². The van der Waals surface area contributed by atoms with Crippen LogP contribution in [0.4, 0.5) is 4.39 Å². The lowest BCUT2D eigenvalue weighted by molar-refractivity contribution is 0.623. The van der Waals surface area contributed by atoms with Gasteiger partial charge in [0.1, 0.15) is 5.82 Å². The molecule has 0 radical (unpaired) electrons. The molecule has 0 saturated carbocycles. The summed E-state index contributed by atoms with van der Waals surface area (Å²) in [7, 11) is 0. The molecule has 1 aromatic carbocycles. The van der Waals surface area contributed by atoms with Crippen LogP contribution in [0.15, 0.2) is 25.3 Å². The zero-order valence-corrected chi connectivity index (χ0v) is 9.10. The zero-order chi connectivity index (χ0) is 11.1. The first-order valence-electron chi connectivity index (χ1n) is 4.74. The molecule has 0 nitrogen and oxygen atoms in total. The summed E-state index contributed by atoms with van der Waals surface area (Å²) in [6, 6.07) is 3.37. The quantitative estimate of drug-likeness (QED) is 0.649. The van der Waals surface area contributed by atoms with Crippen LogP contribution < -0.4 is 0 Å². The first-order chi connectivity index (χ1) is 6.69. The molecule has 0 aliphatic heterocycles. The molecule has 0 spiro atoms. The van der Waals surface area contributed by atoms with Crippen molar-refractivity contribution in [1.82, 2.24) is 0 Å². The van der Waals surface area contributed by atoms with Gasteiger partial charge in [-0.1, -0.05) is 45.2 Å². The molecule has 0 aliphatic carbocycles. The van der Waals surface area contributed by atoms with Crippen LogP contribution in [-0.4, -0.2) is 0 Å². The summed E-state index contributed by atoms with van der Waals surface area (Å²) in [6.45, 7) is 13.0. The lowest BCUT2D eigenvalue weighted by Gasteiger charge is -2.03. The molecule has 0 unspecified atom stereocenters. The normalized spacial score (nSPS) is 8.57. The van der Waals surface area contributed by atoms with Crippen LogP contribution in [0.1, 0.15) is 30.5 Å². The monoisotopic (exact) mass is 192 g/mol. The van der Waals surface area contributed by atoms with E-state index in [1.807, 2.05) is 26.8 Å². The van der Waals surface area contributed by atoms with E-state index in [4.69, 9.17) is 0 Å². The number of aryl methyl sites for hydroxylation is 1. The van der Waals surface area contributed by atoms with Crippen molar-refractivity contribution in [2.45, 2.75) is 20.8 Å². The number of rotatable bonds is 2. The Morgan fingerprint density at radius 1 is 1.14 bits per heavy atom. The molecular weight excluding hydrogens is 175 g/mol. The molecule has 0 aromatic heterocycles. The molecule has 0 fully saturated rings. The summed E-state index contributed by atoms with van der Waals surface area (Å²) in [6.07, 6.45) is 3.14. The van der Waals surface area contributed by atoms with Gasteiger partial charge in [0.25, 0.3) is 0 Å². The van der Waals surface area contributed by atoms with Crippen LogP contribution in [-0.2, 0) is 0 Å². The predicted octanol–water partition coefficient (Wildman–Crippen LogP) is 4.45. The van der Waals surface area contributed by atoms with E-state index < -0.39 is 0 Å². The molecule has 1 heteroatoms. The molecule has 76 valence electrons. The van der Waals surface area contributed by atoms with E-state index in [0.29, 0.717) is 5.56 Å². The SMILES string of the molecule is C=Cc1cc(C)cc(F)c1C=C.CC. The van der Waals surface area contributed by atoms with Crippen molar-refractivity contribution >= 4 is 12.2 Å². The molecule has 0 heterocycles. The first kappa shape index (κ1) is 12.6. The van der Waals surface area contributed by atoms with Gasteiger partial charge in [-0.3, -0.25) is 0 Å². The zero-order valence-electron chi connectivity index (χ0n) is 9.10. The summed E-state index contributed by atoms with van der Waals surface area (Å²) in [5.74, 6) is -0.236. The largest absolute Gasteiger partial charge is 0.206 e. The maximum absolute atomic E-state index is 13.2. The topological polar surface area (TPSA) is 0 Å². The molecule has 0 aliphatic rings. The van der Waals surface area contributed by atoms with Crippen molar-refractivity contribution in [3.05, 3.63) is 47.8 Å². The van der Waals surface area contributed by atoms with Crippen molar-refractivity contribution in [3.63, 3.8) is 0 Å². The Labute approximate surface area is 85.8 Å². The number of benzene rings is 1. The second kappa shape index (κ2) is 6.14. The fraction of sp³-hybridized carbons (Fsp3) is 0.231. The van der Waals surface area contributed by atoms with E-state index in [0.717, 1.165) is 11.1 Å². The van der Waals surface area contributed by atoms with Crippen molar-refractivity contribution < 1.29 is 4.39 Å². The van der Waals surface area contributed by atoms with Crippen molar-refractivity contribution in [1.29, 1.82) is 0 Å². The van der Waals surface area contributed by atoms with E-state index in [2.05, 4.69) is 13.2 Å². The third kappa shape index (κ3) is 2.84. The Morgan fingerprint density at radius 3 is 2.14 bits per heavy atom. The second-order valence-electron chi connectivity index (χ2n) is 2.66. The molecule has 0 atom stereocenters. The minimum atomic E-state index is -0.236. The Kier molecular flexibility index (Phi) is 5.54. The van der Waals surface area contributed by atoms with Crippen LogP contribution >= 0.6 is 0 Å². The molecule has 1 rings (SSSR count). The van der Waals surface area contributed by atoms with E-state index in [1.54, 1.807) is 6.08 Å². The van der Waals surface area contributed by atoms with Crippen molar-refractivity contribution in [2.75, 3.05) is 0 Å². The number of hydrogen-bond donors (Lipinski definition) is 0. The molecular formula is C13H17F. The molecule has 0 bridgehead atoms. The van der Waals surface area contributed by atoms with Gasteiger partial charge < -0.3 is 0 Å². The van der Waals surface area contributed by atoms with E-state index >= 15 is 0 Å². The van der Waals surface area contributed by atoms with Gasteiger partial charge >= 0.3 is 0 Å². The lowest BCUT2D eigenvalue weighted by Crippen LogP contribution is -1.88. The standard InChI is InChI=1S/C11H11F.C2H6/c1-4-9-6-8(3)7-11(12)10(9)5-2;1-2/h4-7H,1-2H2,3H3;1-2H3. The average Bonchev–Trinajstić information content (AvgIpc) is 2.19. The van der Waals surface area contributed by atoms with E-state index in [1.165, 1.54) is 12.1 Å². The predicted molar refractivity (Wildman–Crippen MR) is 62.7 cm³/mol. The molecule has 14 heavy (non-hydrogen) atoms. The molecule has 0 N–H and O–H groups in total. The summed E-state index contributed by atoms with van der Waals surface area (Å²) in [4.78, 5) is 0. The van der Waals surface area contributed by atoms with Crippen LogP contribution in [0.5, 0.6) is 0 Å². The van der Waals surface area contributed by atoms with Gasteiger partial charge in [0.15, 0.2) is 0 Å². The maximum Gasteiger partial charge on any atom is 0.131 e. The van der Waals surface area contributed by atoms with Gasteiger partial charge in [-0.2, -0.15) is 0 Å². The lowest BCUT2D eigenvalue weighted by atomic mass is 10.0. The highest BCUT2D eigenvalue weighted by Gasteiger charge is 2.03. The number of halogens is 1. The van der Waals surface area contributed by atoms with Crippen LogP contribution in [0.2, 0.25) is 0 Å². The summed E-state index contributed by atoms with van der Waals surface area (Å²) in [5.41, 5.74) is 2.21. The minimum Gasteiger partial charge on any atom is -0.206 e. The Balaban J connectivity index is 0.000000791. The first-order valence-corrected chi connectivity index (χ1v) is 4.74. The van der Waals surface area contributed by atoms with Crippen LogP contribution in [0.25, 0.3) is 12.2 Å². The molecule has 0 amide bonds. The summed E-state index contributed by atoms with van der Waals surface area (Å²) in [5, 5.41) is 0. The van der Waals surface area contributed by atoms with Gasteiger partial charge in [-0.05, 0) is 24.1 Å². The van der Waals surface area contributed by atoms with Crippen LogP contribution in [0.3, 0.4) is 0 Å². The summed E-state index contributed by atoms with van der Waals surface area (Å²) >= 11 is 0. The fourth-order valence-corrected chi connectivity index (χ4v) is 1.16. The minimum absolute atomic E-state index is 0.236. The highest BCUT2D eigenvalue weighted by Crippen LogP contribution is 2.18. The highest BCUT2D eigenvalue weighted by molar-refractivity contribution is 5.64. The maximum atomic E-state index is 13.2. The number of hydrogen-bond acceptors (Lipinski definition) is 0. The third-order valence-electron chi connectivity index (χ3n) is 1.73. The van der Waals surface area contributed by atoms with Gasteiger partial charge in [-0.15, -0.1) is 0 Å². The fourth-order valence-electron chi connectivity index (χ4n) is 1.16. The average molecular weight is 192 g/mol. The summed E-state index contributed by atoms with van der Waals surface area (Å²) < 4.78 is 13.2. The van der Waals surface area contributed by atoms with Crippen molar-refractivity contribution in [3.8, 4) is 0 Å². The van der Waals surface area contributed by atoms with Gasteiger partial charge in [0.2, 0.25) is 0 Å². The highest BCUT2D eigenvalue weighted by atomic mass is 19.1. The molecule has 0 saturated heterocycles. The second-order valence-corrected chi connectivity index (χ2v) is 2.66. The Hall–Kier alpha value is -1.37. The molecule has 1 aromatic rings. The Bertz CT molecular complexity index is 324. The van der Waals surface area contributed by atoms with Gasteiger partial charge in [0, 0.05) is 5.56 Å². The third-order valence-corrected chi connectivity index (χ3v) is 1.73. The van der Waals surface area contributed by atoms with Gasteiger partial charge in [0.05, 0.1) is 0 Å². The van der Waals surface area contributed by atoms with Gasteiger partial charge in [-0.25, -0.2) is 4.39 Å². The van der Waals surface area contributed by atoms with E-state index in [9.17, 15) is 4.39 Å². The smallest absolute Gasteiger partial charge is 0.131 e. The van der Waals surface area contributed by atoms with Crippen LogP contribution in [0, 0.1) is 12.7 Å². The Morgan fingerprint density at radius 2 is 1.71 bits per heavy atom.